The van der Waals surface area contributed by atoms with Gasteiger partial charge in [0.2, 0.25) is 5.91 Å². The van der Waals surface area contributed by atoms with E-state index in [2.05, 4.69) is 11.4 Å². The fourth-order valence-electron chi connectivity index (χ4n) is 2.43. The van der Waals surface area contributed by atoms with Gasteiger partial charge in [-0.2, -0.15) is 17.0 Å². The molecule has 0 saturated carbocycles. The molecule has 0 radical (unpaired) electrons. The van der Waals surface area contributed by atoms with Gasteiger partial charge in [-0.05, 0) is 42.7 Å². The van der Waals surface area contributed by atoms with Crippen molar-refractivity contribution in [2.75, 3.05) is 18.6 Å². The number of benzene rings is 1. The standard InChI is InChI=1S/C16H19FN2O2S/c1-21-14-6-5-12(9-13(14)17)3-2-4-15(20)19-16(10-18)7-8-22-11-16/h5-6,9H,2-4,7-8,11H2,1H3,(H,19,20)/t16-/m1/s1. The van der Waals surface area contributed by atoms with E-state index in [1.54, 1.807) is 23.9 Å². The number of nitrogens with one attached hydrogen (secondary N) is 1. The number of methoxy groups -OCH3 is 1. The van der Waals surface area contributed by atoms with E-state index in [1.807, 2.05) is 0 Å². The highest BCUT2D eigenvalue weighted by molar-refractivity contribution is 7.99. The third kappa shape index (κ3) is 4.14. The highest BCUT2D eigenvalue weighted by atomic mass is 32.2. The van der Waals surface area contributed by atoms with Crippen molar-refractivity contribution >= 4 is 17.7 Å². The average Bonchev–Trinajstić information content (AvgIpc) is 2.96. The molecule has 0 bridgehead atoms. The maximum absolute atomic E-state index is 13.6. The Morgan fingerprint density at radius 1 is 1.59 bits per heavy atom. The van der Waals surface area contributed by atoms with Crippen LogP contribution in [0.2, 0.25) is 0 Å². The number of thioether (sulfide) groups is 1. The van der Waals surface area contributed by atoms with Crippen molar-refractivity contribution in [1.82, 2.24) is 5.32 Å². The molecule has 0 unspecified atom stereocenters. The lowest BCUT2D eigenvalue weighted by Gasteiger charge is -2.21. The normalized spacial score (nSPS) is 20.4. The molecule has 22 heavy (non-hydrogen) atoms. The molecule has 1 fully saturated rings. The van der Waals surface area contributed by atoms with Crippen LogP contribution in [0.1, 0.15) is 24.8 Å². The number of halogens is 1. The van der Waals surface area contributed by atoms with Crippen molar-refractivity contribution in [1.29, 1.82) is 5.26 Å². The van der Waals surface area contributed by atoms with E-state index < -0.39 is 11.4 Å². The zero-order chi connectivity index (χ0) is 16.0. The van der Waals surface area contributed by atoms with E-state index >= 15 is 0 Å². The monoisotopic (exact) mass is 322 g/mol. The maximum Gasteiger partial charge on any atom is 0.221 e. The Morgan fingerprint density at radius 2 is 2.41 bits per heavy atom. The summed E-state index contributed by atoms with van der Waals surface area (Å²) in [6.45, 7) is 0. The van der Waals surface area contributed by atoms with Crippen LogP contribution >= 0.6 is 11.8 Å². The minimum absolute atomic E-state index is 0.113. The summed E-state index contributed by atoms with van der Waals surface area (Å²) in [5.74, 6) is 1.27. The fourth-order valence-corrected chi connectivity index (χ4v) is 3.69. The van der Waals surface area contributed by atoms with Crippen LogP contribution < -0.4 is 10.1 Å². The van der Waals surface area contributed by atoms with Crippen LogP contribution in [0.4, 0.5) is 4.39 Å². The Balaban J connectivity index is 1.80. The molecule has 1 aromatic carbocycles. The van der Waals surface area contributed by atoms with Crippen molar-refractivity contribution in [2.45, 2.75) is 31.2 Å². The van der Waals surface area contributed by atoms with Crippen LogP contribution in [-0.2, 0) is 11.2 Å². The summed E-state index contributed by atoms with van der Waals surface area (Å²) in [6, 6.07) is 7.04. The van der Waals surface area contributed by atoms with Crippen LogP contribution in [0.3, 0.4) is 0 Å². The molecule has 1 N–H and O–H groups in total. The summed E-state index contributed by atoms with van der Waals surface area (Å²) in [7, 11) is 1.43. The van der Waals surface area contributed by atoms with E-state index in [0.29, 0.717) is 31.4 Å². The van der Waals surface area contributed by atoms with Gasteiger partial charge in [0.15, 0.2) is 11.6 Å². The van der Waals surface area contributed by atoms with Gasteiger partial charge >= 0.3 is 0 Å². The largest absolute Gasteiger partial charge is 0.494 e. The lowest BCUT2D eigenvalue weighted by Crippen LogP contribution is -2.47. The first-order chi connectivity index (χ1) is 10.6. The van der Waals surface area contributed by atoms with Crippen LogP contribution in [0.5, 0.6) is 5.75 Å². The Bertz CT molecular complexity index is 580. The molecule has 1 heterocycles. The molecule has 0 aliphatic carbocycles. The summed E-state index contributed by atoms with van der Waals surface area (Å²) in [6.07, 6.45) is 2.26. The number of carbonyl (C=O) groups excluding carboxylic acids is 1. The molecule has 1 aliphatic heterocycles. The van der Waals surface area contributed by atoms with Gasteiger partial charge in [0.05, 0.1) is 13.2 Å². The van der Waals surface area contributed by atoms with Crippen LogP contribution in [-0.4, -0.2) is 30.1 Å². The quantitative estimate of drug-likeness (QED) is 0.874. The predicted molar refractivity (Wildman–Crippen MR) is 84.3 cm³/mol. The molecule has 4 nitrogen and oxygen atoms in total. The Morgan fingerprint density at radius 3 is 3.00 bits per heavy atom. The number of nitrogens with zero attached hydrogens (tertiary/aromatic N) is 1. The number of carbonyl (C=O) groups is 1. The number of ether oxygens (including phenoxy) is 1. The molecule has 0 spiro atoms. The zero-order valence-corrected chi connectivity index (χ0v) is 13.3. The molecule has 1 atom stereocenters. The lowest BCUT2D eigenvalue weighted by molar-refractivity contribution is -0.122. The van der Waals surface area contributed by atoms with Gasteiger partial charge in [-0.15, -0.1) is 0 Å². The molecular weight excluding hydrogens is 303 g/mol. The van der Waals surface area contributed by atoms with Crippen molar-refractivity contribution in [3.63, 3.8) is 0 Å². The van der Waals surface area contributed by atoms with Gasteiger partial charge in [0, 0.05) is 12.2 Å². The Hall–Kier alpha value is -1.74. The average molecular weight is 322 g/mol. The van der Waals surface area contributed by atoms with Crippen LogP contribution in [0.15, 0.2) is 18.2 Å². The van der Waals surface area contributed by atoms with Gasteiger partial charge < -0.3 is 10.1 Å². The highest BCUT2D eigenvalue weighted by Gasteiger charge is 2.35. The van der Waals surface area contributed by atoms with E-state index in [4.69, 9.17) is 4.74 Å². The van der Waals surface area contributed by atoms with E-state index in [1.165, 1.54) is 13.2 Å². The van der Waals surface area contributed by atoms with Gasteiger partial charge in [0.25, 0.3) is 0 Å². The van der Waals surface area contributed by atoms with Crippen LogP contribution in [0.25, 0.3) is 0 Å². The Labute approximate surface area is 134 Å². The topological polar surface area (TPSA) is 62.1 Å². The first-order valence-corrected chi connectivity index (χ1v) is 8.36. The summed E-state index contributed by atoms with van der Waals surface area (Å²) in [5, 5.41) is 12.1. The van der Waals surface area contributed by atoms with Crippen LogP contribution in [0, 0.1) is 17.1 Å². The smallest absolute Gasteiger partial charge is 0.221 e. The zero-order valence-electron chi connectivity index (χ0n) is 12.5. The summed E-state index contributed by atoms with van der Waals surface area (Å²) < 4.78 is 18.4. The molecule has 0 aromatic heterocycles. The predicted octanol–water partition coefficient (Wildman–Crippen LogP) is 2.67. The second-order valence-electron chi connectivity index (χ2n) is 5.37. The van der Waals surface area contributed by atoms with Gasteiger partial charge in [-0.1, -0.05) is 6.07 Å². The van der Waals surface area contributed by atoms with Gasteiger partial charge in [-0.25, -0.2) is 4.39 Å². The molecule has 1 amide bonds. The molecule has 1 aromatic rings. The SMILES string of the molecule is COc1ccc(CCCC(=O)N[C@@]2(C#N)CCSC2)cc1F. The maximum atomic E-state index is 13.6. The van der Waals surface area contributed by atoms with E-state index in [0.717, 1.165) is 11.3 Å². The van der Waals surface area contributed by atoms with E-state index in [-0.39, 0.29) is 11.7 Å². The van der Waals surface area contributed by atoms with Gasteiger partial charge in [0.1, 0.15) is 5.54 Å². The first-order valence-electron chi connectivity index (χ1n) is 7.21. The molecule has 2 rings (SSSR count). The van der Waals surface area contributed by atoms with Crippen molar-refractivity contribution in [2.24, 2.45) is 0 Å². The lowest BCUT2D eigenvalue weighted by atomic mass is 10.0. The number of amides is 1. The third-order valence-electron chi connectivity index (χ3n) is 3.70. The molecule has 1 saturated heterocycles. The Kier molecular flexibility index (Phi) is 5.67. The minimum Gasteiger partial charge on any atom is -0.494 e. The molecular formula is C16H19FN2O2S. The first kappa shape index (κ1) is 16.6. The summed E-state index contributed by atoms with van der Waals surface area (Å²) in [5.41, 5.74) is 0.131. The fraction of sp³-hybridized carbons (Fsp3) is 0.500. The highest BCUT2D eigenvalue weighted by Crippen LogP contribution is 2.27. The van der Waals surface area contributed by atoms with E-state index in [9.17, 15) is 14.4 Å². The third-order valence-corrected chi connectivity index (χ3v) is 4.89. The van der Waals surface area contributed by atoms with Gasteiger partial charge in [-0.3, -0.25) is 4.79 Å². The number of aryl methyl sites for hydroxylation is 1. The second kappa shape index (κ2) is 7.50. The second-order valence-corrected chi connectivity index (χ2v) is 6.47. The van der Waals surface area contributed by atoms with Crippen molar-refractivity contribution in [3.8, 4) is 11.8 Å². The number of rotatable bonds is 6. The molecule has 118 valence electrons. The molecule has 1 aliphatic rings. The van der Waals surface area contributed by atoms with Crippen molar-refractivity contribution < 1.29 is 13.9 Å². The number of nitriles is 1. The van der Waals surface area contributed by atoms with Crippen molar-refractivity contribution in [3.05, 3.63) is 29.6 Å². The number of hydrogen-bond donors (Lipinski definition) is 1. The summed E-state index contributed by atoms with van der Waals surface area (Å²) >= 11 is 1.68. The summed E-state index contributed by atoms with van der Waals surface area (Å²) in [4.78, 5) is 12.0. The minimum atomic E-state index is -0.700. The number of hydrogen-bond acceptors (Lipinski definition) is 4. The molecule has 6 heteroatoms.